The van der Waals surface area contributed by atoms with Crippen LogP contribution in [-0.4, -0.2) is 44.2 Å². The Kier molecular flexibility index (Phi) is 6.01. The molecule has 0 radical (unpaired) electrons. The van der Waals surface area contributed by atoms with E-state index in [0.717, 1.165) is 23.2 Å². The van der Waals surface area contributed by atoms with Gasteiger partial charge >= 0.3 is 6.18 Å². The van der Waals surface area contributed by atoms with Gasteiger partial charge in [-0.05, 0) is 29.7 Å². The van der Waals surface area contributed by atoms with E-state index in [-0.39, 0.29) is 16.5 Å². The molecule has 3 rings (SSSR count). The lowest BCUT2D eigenvalue weighted by Gasteiger charge is -2.15. The van der Waals surface area contributed by atoms with Gasteiger partial charge in [-0.25, -0.2) is 4.98 Å². The summed E-state index contributed by atoms with van der Waals surface area (Å²) in [6, 6.07) is 4.56. The molecule has 7 nitrogen and oxygen atoms in total. The number of anilines is 2. The first kappa shape index (κ1) is 21.6. The number of alkyl halides is 3. The minimum absolute atomic E-state index is 0.0340. The van der Waals surface area contributed by atoms with Gasteiger partial charge in [0.25, 0.3) is 5.91 Å². The average molecular weight is 436 g/mol. The van der Waals surface area contributed by atoms with E-state index in [2.05, 4.69) is 38.5 Å². The Morgan fingerprint density at radius 1 is 1.20 bits per heavy atom. The van der Waals surface area contributed by atoms with E-state index >= 15 is 0 Å². The van der Waals surface area contributed by atoms with Crippen LogP contribution in [0.5, 0.6) is 0 Å². The summed E-state index contributed by atoms with van der Waals surface area (Å²) in [5.41, 5.74) is 0.431. The summed E-state index contributed by atoms with van der Waals surface area (Å²) in [6.07, 6.45) is -2.27. The van der Waals surface area contributed by atoms with Crippen molar-refractivity contribution in [1.29, 1.82) is 0 Å². The minimum atomic E-state index is -4.62. The largest absolute Gasteiger partial charge is 0.417 e. The van der Waals surface area contributed by atoms with Crippen molar-refractivity contribution < 1.29 is 18.0 Å². The molecule has 3 heterocycles. The van der Waals surface area contributed by atoms with Gasteiger partial charge in [-0.2, -0.15) is 22.5 Å². The van der Waals surface area contributed by atoms with E-state index < -0.39 is 17.6 Å². The zero-order chi connectivity index (χ0) is 22.1. The van der Waals surface area contributed by atoms with E-state index in [1.54, 1.807) is 6.20 Å². The molecule has 1 N–H and O–H groups in total. The molecule has 0 aliphatic heterocycles. The lowest BCUT2D eigenvalue weighted by molar-refractivity contribution is -0.137. The molecule has 0 aromatic carbocycles. The second-order valence-electron chi connectivity index (χ2n) is 6.99. The predicted octanol–water partition coefficient (Wildman–Crippen LogP) is 4.58. The van der Waals surface area contributed by atoms with Crippen LogP contribution in [0, 0.1) is 0 Å². The summed E-state index contributed by atoms with van der Waals surface area (Å²) in [5.74, 6) is 0.0248. The average Bonchev–Trinajstić information content (AvgIpc) is 3.15. The summed E-state index contributed by atoms with van der Waals surface area (Å²) < 4.78 is 43.4. The topological polar surface area (TPSA) is 83.9 Å². The molecule has 0 saturated carbocycles. The van der Waals surface area contributed by atoms with Gasteiger partial charge in [0.1, 0.15) is 11.5 Å². The van der Waals surface area contributed by atoms with E-state index in [4.69, 9.17) is 0 Å². The molecule has 158 valence electrons. The van der Waals surface area contributed by atoms with Gasteiger partial charge in [-0.15, -0.1) is 0 Å². The van der Waals surface area contributed by atoms with Crippen LogP contribution < -0.4 is 5.32 Å². The molecule has 0 aliphatic rings. The van der Waals surface area contributed by atoms with Crippen LogP contribution in [0.1, 0.15) is 41.3 Å². The fourth-order valence-corrected chi connectivity index (χ4v) is 3.11. The number of nitrogens with zero attached hydrogens (tertiary/aromatic N) is 5. The van der Waals surface area contributed by atoms with Gasteiger partial charge in [0, 0.05) is 38.0 Å². The molecule has 0 aliphatic carbocycles. The standard InChI is InChI=1S/C19H19F3N6OS/c1-10(2)11-5-6-23-14(7-11)16-26-18(30-27-16)25-15-13(17(29)28(3)4)8-12(9-24-15)19(20,21)22/h5-10H,1-4H3,(H,24,25,26,27). The van der Waals surface area contributed by atoms with Gasteiger partial charge in [0.2, 0.25) is 5.13 Å². The molecule has 0 saturated heterocycles. The van der Waals surface area contributed by atoms with Crippen molar-refractivity contribution >= 4 is 28.4 Å². The number of hydrogen-bond acceptors (Lipinski definition) is 7. The zero-order valence-corrected chi connectivity index (χ0v) is 17.5. The highest BCUT2D eigenvalue weighted by Gasteiger charge is 2.33. The maximum atomic E-state index is 13.1. The van der Waals surface area contributed by atoms with Crippen LogP contribution in [0.4, 0.5) is 24.1 Å². The molecule has 0 unspecified atom stereocenters. The Morgan fingerprint density at radius 2 is 1.93 bits per heavy atom. The molecule has 11 heteroatoms. The Bertz CT molecular complexity index is 1060. The van der Waals surface area contributed by atoms with Crippen LogP contribution in [0.25, 0.3) is 11.5 Å². The Hall–Kier alpha value is -3.08. The van der Waals surface area contributed by atoms with Gasteiger partial charge < -0.3 is 10.2 Å². The number of hydrogen-bond donors (Lipinski definition) is 1. The molecule has 0 atom stereocenters. The highest BCUT2D eigenvalue weighted by Crippen LogP contribution is 2.32. The number of rotatable bonds is 5. The maximum Gasteiger partial charge on any atom is 0.417 e. The summed E-state index contributed by atoms with van der Waals surface area (Å²) in [7, 11) is 2.89. The highest BCUT2D eigenvalue weighted by molar-refractivity contribution is 7.09. The zero-order valence-electron chi connectivity index (χ0n) is 16.7. The SMILES string of the molecule is CC(C)c1ccnc(-c2nsc(Nc3ncc(C(F)(F)F)cc3C(=O)N(C)C)n2)c1. The number of carbonyl (C=O) groups excluding carboxylic acids is 1. The number of nitrogens with one attached hydrogen (secondary N) is 1. The normalized spacial score (nSPS) is 11.6. The fourth-order valence-electron chi connectivity index (χ4n) is 2.53. The summed E-state index contributed by atoms with van der Waals surface area (Å²) >= 11 is 0.993. The lowest BCUT2D eigenvalue weighted by Crippen LogP contribution is -2.24. The molecule has 0 fully saturated rings. The van der Waals surface area contributed by atoms with Crippen LogP contribution in [0.3, 0.4) is 0 Å². The minimum Gasteiger partial charge on any atom is -0.345 e. The first-order valence-corrected chi connectivity index (χ1v) is 9.69. The molecule has 0 spiro atoms. The third-order valence-corrected chi connectivity index (χ3v) is 4.81. The molecule has 1 amide bonds. The number of halogens is 3. The first-order chi connectivity index (χ1) is 14.1. The van der Waals surface area contributed by atoms with Crippen molar-refractivity contribution in [3.63, 3.8) is 0 Å². The fraction of sp³-hybridized carbons (Fsp3) is 0.316. The summed E-state index contributed by atoms with van der Waals surface area (Å²) in [5, 5.41) is 3.09. The number of carbonyl (C=O) groups is 1. The third kappa shape index (κ3) is 4.73. The highest BCUT2D eigenvalue weighted by atomic mass is 32.1. The predicted molar refractivity (Wildman–Crippen MR) is 108 cm³/mol. The molecular formula is C19H19F3N6OS. The quantitative estimate of drug-likeness (QED) is 0.630. The molecule has 0 bridgehead atoms. The van der Waals surface area contributed by atoms with Crippen LogP contribution in [0.2, 0.25) is 0 Å². The third-order valence-electron chi connectivity index (χ3n) is 4.18. The molecule has 30 heavy (non-hydrogen) atoms. The van der Waals surface area contributed by atoms with Crippen molar-refractivity contribution in [2.75, 3.05) is 19.4 Å². The van der Waals surface area contributed by atoms with E-state index in [9.17, 15) is 18.0 Å². The first-order valence-electron chi connectivity index (χ1n) is 8.92. The molecule has 3 aromatic rings. The van der Waals surface area contributed by atoms with Crippen molar-refractivity contribution in [3.05, 3.63) is 47.3 Å². The summed E-state index contributed by atoms with van der Waals surface area (Å²) in [6.45, 7) is 4.11. The van der Waals surface area contributed by atoms with Crippen LogP contribution in [-0.2, 0) is 6.18 Å². The van der Waals surface area contributed by atoms with Gasteiger partial charge in [-0.3, -0.25) is 9.78 Å². The van der Waals surface area contributed by atoms with Crippen molar-refractivity contribution in [2.45, 2.75) is 25.9 Å². The van der Waals surface area contributed by atoms with Crippen LogP contribution in [0.15, 0.2) is 30.6 Å². The maximum absolute atomic E-state index is 13.1. The van der Waals surface area contributed by atoms with Gasteiger partial charge in [-0.1, -0.05) is 13.8 Å². The Labute approximate surface area is 175 Å². The Morgan fingerprint density at radius 3 is 2.57 bits per heavy atom. The van der Waals surface area contributed by atoms with Gasteiger partial charge in [0.15, 0.2) is 5.82 Å². The van der Waals surface area contributed by atoms with Crippen molar-refractivity contribution in [3.8, 4) is 11.5 Å². The smallest absolute Gasteiger partial charge is 0.345 e. The lowest BCUT2D eigenvalue weighted by atomic mass is 10.0. The number of aromatic nitrogens is 4. The second-order valence-corrected chi connectivity index (χ2v) is 7.75. The number of pyridine rings is 2. The molecular weight excluding hydrogens is 417 g/mol. The monoisotopic (exact) mass is 436 g/mol. The van der Waals surface area contributed by atoms with Gasteiger partial charge in [0.05, 0.1) is 11.1 Å². The van der Waals surface area contributed by atoms with E-state index in [0.29, 0.717) is 23.6 Å². The van der Waals surface area contributed by atoms with Crippen molar-refractivity contribution in [2.24, 2.45) is 0 Å². The van der Waals surface area contributed by atoms with E-state index in [1.165, 1.54) is 19.0 Å². The van der Waals surface area contributed by atoms with E-state index in [1.807, 2.05) is 12.1 Å². The van der Waals surface area contributed by atoms with Crippen molar-refractivity contribution in [1.82, 2.24) is 24.2 Å². The molecule has 3 aromatic heterocycles. The Balaban J connectivity index is 1.93. The summed E-state index contributed by atoms with van der Waals surface area (Å²) in [4.78, 5) is 26.0. The number of amides is 1. The second kappa shape index (κ2) is 8.34. The van der Waals surface area contributed by atoms with Crippen LogP contribution >= 0.6 is 11.5 Å².